The van der Waals surface area contributed by atoms with Crippen LogP contribution in [0.3, 0.4) is 0 Å². The molecule has 0 bridgehead atoms. The standard InChI is InChI=1S/C16H24N2O4/c1-16(2,3)13-9-12(17-22-13)15(21)18-8-4-5-11(10-18)6-7-14(19)20/h9,11H,4-8,10H2,1-3H3,(H,19,20). The van der Waals surface area contributed by atoms with E-state index in [4.69, 9.17) is 9.63 Å². The Bertz CT molecular complexity index is 545. The SMILES string of the molecule is CC(C)(C)c1cc(C(=O)N2CCCC(CCC(=O)O)C2)no1. The molecule has 1 aromatic heterocycles. The van der Waals surface area contributed by atoms with Gasteiger partial charge in [0.15, 0.2) is 5.69 Å². The van der Waals surface area contributed by atoms with Gasteiger partial charge in [0.1, 0.15) is 5.76 Å². The van der Waals surface area contributed by atoms with Crippen LogP contribution in [0.5, 0.6) is 0 Å². The van der Waals surface area contributed by atoms with Gasteiger partial charge in [0.25, 0.3) is 5.91 Å². The monoisotopic (exact) mass is 308 g/mol. The van der Waals surface area contributed by atoms with Crippen molar-refractivity contribution in [2.24, 2.45) is 5.92 Å². The van der Waals surface area contributed by atoms with Gasteiger partial charge in [-0.05, 0) is 25.2 Å². The van der Waals surface area contributed by atoms with E-state index in [9.17, 15) is 9.59 Å². The number of likely N-dealkylation sites (tertiary alicyclic amines) is 1. The Balaban J connectivity index is 1.99. The fourth-order valence-corrected chi connectivity index (χ4v) is 2.70. The van der Waals surface area contributed by atoms with Crippen molar-refractivity contribution in [2.45, 2.75) is 51.9 Å². The van der Waals surface area contributed by atoms with E-state index in [0.717, 1.165) is 12.8 Å². The molecule has 22 heavy (non-hydrogen) atoms. The first-order valence-corrected chi connectivity index (χ1v) is 7.75. The van der Waals surface area contributed by atoms with Gasteiger partial charge < -0.3 is 14.5 Å². The van der Waals surface area contributed by atoms with Crippen LogP contribution in [0, 0.1) is 5.92 Å². The normalized spacial score (nSPS) is 19.2. The van der Waals surface area contributed by atoms with Crippen molar-refractivity contribution in [2.75, 3.05) is 13.1 Å². The third-order valence-corrected chi connectivity index (χ3v) is 4.04. The van der Waals surface area contributed by atoms with Crippen molar-refractivity contribution in [3.05, 3.63) is 17.5 Å². The maximum absolute atomic E-state index is 12.5. The summed E-state index contributed by atoms with van der Waals surface area (Å²) in [5.74, 6) is 0.0344. The first kappa shape index (κ1) is 16.5. The number of aromatic nitrogens is 1. The van der Waals surface area contributed by atoms with Gasteiger partial charge in [0.2, 0.25) is 0 Å². The van der Waals surface area contributed by atoms with Gasteiger partial charge in [0.05, 0.1) is 0 Å². The molecule has 0 radical (unpaired) electrons. The highest BCUT2D eigenvalue weighted by molar-refractivity contribution is 5.92. The predicted molar refractivity (Wildman–Crippen MR) is 80.7 cm³/mol. The van der Waals surface area contributed by atoms with Crippen LogP contribution in [0.4, 0.5) is 0 Å². The average molecular weight is 308 g/mol. The second-order valence-corrected chi connectivity index (χ2v) is 7.02. The van der Waals surface area contributed by atoms with E-state index in [1.54, 1.807) is 11.0 Å². The number of carbonyl (C=O) groups is 2. The van der Waals surface area contributed by atoms with Crippen LogP contribution in [0.2, 0.25) is 0 Å². The molecule has 0 aliphatic carbocycles. The maximum atomic E-state index is 12.5. The smallest absolute Gasteiger partial charge is 0.303 e. The number of aliphatic carboxylic acids is 1. The molecule has 1 fully saturated rings. The molecule has 1 amide bonds. The lowest BCUT2D eigenvalue weighted by Gasteiger charge is -2.32. The summed E-state index contributed by atoms with van der Waals surface area (Å²) in [5, 5.41) is 12.7. The molecule has 2 heterocycles. The molecule has 1 aromatic rings. The van der Waals surface area contributed by atoms with Gasteiger partial charge in [-0.3, -0.25) is 9.59 Å². The molecular formula is C16H24N2O4. The topological polar surface area (TPSA) is 83.6 Å². The Labute approximate surface area is 130 Å². The Morgan fingerprint density at radius 3 is 2.77 bits per heavy atom. The van der Waals surface area contributed by atoms with Crippen LogP contribution in [-0.2, 0) is 10.2 Å². The molecule has 122 valence electrons. The van der Waals surface area contributed by atoms with Crippen LogP contribution in [0.1, 0.15) is 62.7 Å². The molecule has 1 N–H and O–H groups in total. The third-order valence-electron chi connectivity index (χ3n) is 4.04. The van der Waals surface area contributed by atoms with E-state index in [1.807, 2.05) is 20.8 Å². The van der Waals surface area contributed by atoms with Crippen molar-refractivity contribution in [3.63, 3.8) is 0 Å². The lowest BCUT2D eigenvalue weighted by molar-refractivity contribution is -0.137. The van der Waals surface area contributed by atoms with E-state index in [0.29, 0.717) is 31.0 Å². The van der Waals surface area contributed by atoms with Crippen LogP contribution in [-0.4, -0.2) is 40.1 Å². The van der Waals surface area contributed by atoms with E-state index >= 15 is 0 Å². The fraction of sp³-hybridized carbons (Fsp3) is 0.688. The average Bonchev–Trinajstić information content (AvgIpc) is 2.94. The minimum Gasteiger partial charge on any atom is -0.481 e. The summed E-state index contributed by atoms with van der Waals surface area (Å²) in [6.45, 7) is 7.31. The molecule has 1 aliphatic heterocycles. The van der Waals surface area contributed by atoms with Crippen molar-refractivity contribution in [3.8, 4) is 0 Å². The Hall–Kier alpha value is -1.85. The van der Waals surface area contributed by atoms with Crippen molar-refractivity contribution >= 4 is 11.9 Å². The molecule has 6 heteroatoms. The summed E-state index contributed by atoms with van der Waals surface area (Å²) < 4.78 is 5.27. The quantitative estimate of drug-likeness (QED) is 0.924. The van der Waals surface area contributed by atoms with E-state index < -0.39 is 5.97 Å². The van der Waals surface area contributed by atoms with Gasteiger partial charge in [-0.2, -0.15) is 0 Å². The largest absolute Gasteiger partial charge is 0.481 e. The Kier molecular flexibility index (Phi) is 4.88. The number of amides is 1. The predicted octanol–water partition coefficient (Wildman–Crippen LogP) is 2.69. The van der Waals surface area contributed by atoms with Gasteiger partial charge >= 0.3 is 5.97 Å². The highest BCUT2D eigenvalue weighted by Gasteiger charge is 2.28. The molecule has 6 nitrogen and oxygen atoms in total. The highest BCUT2D eigenvalue weighted by Crippen LogP contribution is 2.25. The molecule has 1 atom stereocenters. The Morgan fingerprint density at radius 1 is 1.45 bits per heavy atom. The third kappa shape index (κ3) is 4.08. The summed E-state index contributed by atoms with van der Waals surface area (Å²) in [6, 6.07) is 1.71. The second kappa shape index (κ2) is 6.50. The summed E-state index contributed by atoms with van der Waals surface area (Å²) >= 11 is 0. The van der Waals surface area contributed by atoms with Crippen molar-refractivity contribution in [1.29, 1.82) is 0 Å². The first-order chi connectivity index (χ1) is 10.3. The van der Waals surface area contributed by atoms with Crippen molar-refractivity contribution in [1.82, 2.24) is 10.1 Å². The Morgan fingerprint density at radius 2 is 2.18 bits per heavy atom. The number of hydrogen-bond donors (Lipinski definition) is 1. The molecule has 0 aromatic carbocycles. The van der Waals surface area contributed by atoms with Gasteiger partial charge in [-0.25, -0.2) is 0 Å². The number of hydrogen-bond acceptors (Lipinski definition) is 4. The van der Waals surface area contributed by atoms with Gasteiger partial charge in [0, 0.05) is 31.0 Å². The summed E-state index contributed by atoms with van der Waals surface area (Å²) in [4.78, 5) is 24.9. The minimum absolute atomic E-state index is 0.126. The molecule has 1 unspecified atom stereocenters. The molecule has 2 rings (SSSR count). The van der Waals surface area contributed by atoms with Crippen LogP contribution >= 0.6 is 0 Å². The number of carboxylic acid groups (broad SMARTS) is 1. The van der Waals surface area contributed by atoms with Crippen LogP contribution < -0.4 is 0 Å². The first-order valence-electron chi connectivity index (χ1n) is 7.75. The van der Waals surface area contributed by atoms with Crippen molar-refractivity contribution < 1.29 is 19.2 Å². The number of carbonyl (C=O) groups excluding carboxylic acids is 1. The zero-order valence-corrected chi connectivity index (χ0v) is 13.5. The van der Waals surface area contributed by atoms with Crippen LogP contribution in [0.15, 0.2) is 10.6 Å². The second-order valence-electron chi connectivity index (χ2n) is 7.02. The minimum atomic E-state index is -0.783. The van der Waals surface area contributed by atoms with E-state index in [-0.39, 0.29) is 23.7 Å². The van der Waals surface area contributed by atoms with E-state index in [1.165, 1.54) is 0 Å². The zero-order valence-electron chi connectivity index (χ0n) is 13.5. The lowest BCUT2D eigenvalue weighted by Crippen LogP contribution is -2.40. The molecule has 1 saturated heterocycles. The molecule has 0 spiro atoms. The molecule has 0 saturated carbocycles. The number of rotatable bonds is 4. The number of piperidine rings is 1. The number of carboxylic acids is 1. The van der Waals surface area contributed by atoms with Gasteiger partial charge in [-0.15, -0.1) is 0 Å². The molecular weight excluding hydrogens is 284 g/mol. The summed E-state index contributed by atoms with van der Waals surface area (Å²) in [6.07, 6.45) is 2.65. The lowest BCUT2D eigenvalue weighted by atomic mass is 9.92. The zero-order chi connectivity index (χ0) is 16.3. The van der Waals surface area contributed by atoms with E-state index in [2.05, 4.69) is 5.16 Å². The highest BCUT2D eigenvalue weighted by atomic mass is 16.5. The maximum Gasteiger partial charge on any atom is 0.303 e. The fourth-order valence-electron chi connectivity index (χ4n) is 2.70. The molecule has 1 aliphatic rings. The van der Waals surface area contributed by atoms with Gasteiger partial charge in [-0.1, -0.05) is 25.9 Å². The summed E-state index contributed by atoms with van der Waals surface area (Å²) in [5.41, 5.74) is 0.154. The van der Waals surface area contributed by atoms with Crippen LogP contribution in [0.25, 0.3) is 0 Å². The summed E-state index contributed by atoms with van der Waals surface area (Å²) in [7, 11) is 0. The number of nitrogens with zero attached hydrogens (tertiary/aromatic N) is 2.